The minimum Gasteiger partial charge on any atom is 0 e. The van der Waals surface area contributed by atoms with Crippen molar-refractivity contribution in [3.8, 4) is 0 Å². The Balaban J connectivity index is 0. The molecule has 4 heteroatoms. The molecule has 0 heterocycles. The predicted octanol–water partition coefficient (Wildman–Crippen LogP) is -1.41. The minimum absolute atomic E-state index is 0. The summed E-state index contributed by atoms with van der Waals surface area (Å²) >= 11 is 0. The van der Waals surface area contributed by atoms with Crippen molar-refractivity contribution in [3.63, 3.8) is 0 Å². The van der Waals surface area contributed by atoms with Crippen LogP contribution in [0.25, 0.3) is 0 Å². The van der Waals surface area contributed by atoms with Gasteiger partial charge in [0.05, 0.1) is 0 Å². The molecule has 0 saturated heterocycles. The van der Waals surface area contributed by atoms with E-state index in [0.29, 0.717) is 0 Å². The Hall–Kier alpha value is 4.38. The average Bonchev–Trinajstić information content (AvgIpc) is 0. The molecule has 0 aliphatic carbocycles. The molecule has 0 saturated carbocycles. The van der Waals surface area contributed by atoms with Crippen molar-refractivity contribution in [2.24, 2.45) is 0 Å². The van der Waals surface area contributed by atoms with Crippen molar-refractivity contribution in [2.75, 3.05) is 0 Å². The van der Waals surface area contributed by atoms with Crippen LogP contribution in [0.1, 0.15) is 0 Å². The molecule has 0 rings (SSSR count). The van der Waals surface area contributed by atoms with Gasteiger partial charge in [-0.25, -0.2) is 0 Å². The zero-order chi connectivity index (χ0) is 0. The van der Waals surface area contributed by atoms with Crippen LogP contribution in [0.3, 0.4) is 0 Å². The second-order valence-corrected chi connectivity index (χ2v) is 0. The summed E-state index contributed by atoms with van der Waals surface area (Å²) < 4.78 is 0. The SMILES string of the molecule is [CsH].[Sb].[Tl].[V]. The molecule has 0 aliphatic rings. The van der Waals surface area contributed by atoms with E-state index in [1.54, 1.807) is 0 Å². The number of hydrogen-bond acceptors (Lipinski definition) is 0. The van der Waals surface area contributed by atoms with Gasteiger partial charge in [0, 0.05) is 70.3 Å². The minimum atomic E-state index is 0. The van der Waals surface area contributed by atoms with Gasteiger partial charge in [-0.3, -0.25) is 0 Å². The van der Waals surface area contributed by atoms with Gasteiger partial charge in [-0.1, -0.05) is 0 Å². The Bertz CT molecular complexity index is 8.00. The van der Waals surface area contributed by atoms with Gasteiger partial charge in [0.1, 0.15) is 0 Å². The van der Waals surface area contributed by atoms with Gasteiger partial charge in [-0.05, 0) is 0 Å². The molecular weight excluding hydrogens is 510 g/mol. The smallest absolute Gasteiger partial charge is 0 e. The van der Waals surface area contributed by atoms with Crippen LogP contribution >= 0.6 is 0 Å². The van der Waals surface area contributed by atoms with Crippen LogP contribution in [0.5, 0.6) is 0 Å². The molecule has 0 aromatic heterocycles. The Morgan fingerprint density at radius 2 is 1.00 bits per heavy atom. The maximum absolute atomic E-state index is 0. The molecule has 0 amide bonds. The fourth-order valence-electron chi connectivity index (χ4n) is 0. The van der Waals surface area contributed by atoms with Gasteiger partial charge in [0.25, 0.3) is 0 Å². The molecule has 0 N–H and O–H groups in total. The van der Waals surface area contributed by atoms with Gasteiger partial charge in [0.15, 0.2) is 0 Å². The summed E-state index contributed by atoms with van der Waals surface area (Å²) in [7, 11) is 0. The molecule has 0 spiro atoms. The zero-order valence-electron chi connectivity index (χ0n) is 1.47. The summed E-state index contributed by atoms with van der Waals surface area (Å²) in [5.41, 5.74) is 0. The zero-order valence-corrected chi connectivity index (χ0v) is 9.91. The third kappa shape index (κ3) is 9.62. The van der Waals surface area contributed by atoms with Gasteiger partial charge < -0.3 is 0 Å². The molecule has 0 unspecified atom stereocenters. The summed E-state index contributed by atoms with van der Waals surface area (Å²) in [4.78, 5) is 0. The molecule has 0 aromatic rings. The summed E-state index contributed by atoms with van der Waals surface area (Å²) in [5, 5.41) is 0. The predicted molar refractivity (Wildman–Crippen MR) is 18.7 cm³/mol. The van der Waals surface area contributed by atoms with E-state index in [-0.39, 0.29) is 139 Å². The molecule has 4 heavy (non-hydrogen) atoms. The standard InChI is InChI=1S/Cs.Sb.Tl.V.H. The first kappa shape index (κ1) is 23.8. The second kappa shape index (κ2) is 15.7. The van der Waals surface area contributed by atoms with Crippen molar-refractivity contribution >= 4 is 121 Å². The van der Waals surface area contributed by atoms with Crippen molar-refractivity contribution in [1.29, 1.82) is 0 Å². The molecule has 0 aromatic carbocycles. The van der Waals surface area contributed by atoms with Crippen LogP contribution in [0.15, 0.2) is 0 Å². The van der Waals surface area contributed by atoms with Gasteiger partial charge >= 0.3 is 68.9 Å². The van der Waals surface area contributed by atoms with Gasteiger partial charge in [0.2, 0.25) is 0 Å². The van der Waals surface area contributed by atoms with Gasteiger partial charge in [-0.15, -0.1) is 0 Å². The average molecular weight is 511 g/mol. The third-order valence-electron chi connectivity index (χ3n) is 0. The van der Waals surface area contributed by atoms with Crippen molar-refractivity contribution < 1.29 is 18.6 Å². The Labute approximate surface area is 135 Å². The molecular formula is HCsSbTlV. The first-order chi connectivity index (χ1) is 0. The van der Waals surface area contributed by atoms with E-state index in [0.717, 1.165) is 0 Å². The van der Waals surface area contributed by atoms with E-state index in [2.05, 4.69) is 0 Å². The molecule has 0 atom stereocenters. The maximum Gasteiger partial charge on any atom is 0 e. The molecule has 15 valence electrons. The Kier molecular flexibility index (Phi) is 93.2. The van der Waals surface area contributed by atoms with E-state index in [1.165, 1.54) is 0 Å². The summed E-state index contributed by atoms with van der Waals surface area (Å²) in [6.45, 7) is 0. The first-order valence-corrected chi connectivity index (χ1v) is 0. The molecule has 0 nitrogen and oxygen atoms in total. The Morgan fingerprint density at radius 3 is 1.00 bits per heavy atom. The van der Waals surface area contributed by atoms with Crippen LogP contribution in [-0.4, -0.2) is 121 Å². The van der Waals surface area contributed by atoms with E-state index in [4.69, 9.17) is 0 Å². The molecule has 0 fully saturated rings. The quantitative estimate of drug-likeness (QED) is 0.351. The number of hydrogen-bond donors (Lipinski definition) is 0. The van der Waals surface area contributed by atoms with E-state index < -0.39 is 0 Å². The largest absolute Gasteiger partial charge is 0 e. The molecule has 5 radical (unpaired) electrons. The maximum atomic E-state index is 0. The summed E-state index contributed by atoms with van der Waals surface area (Å²) in [6, 6.07) is 0. The van der Waals surface area contributed by atoms with Crippen LogP contribution in [0.2, 0.25) is 0 Å². The van der Waals surface area contributed by atoms with E-state index >= 15 is 0 Å². The number of rotatable bonds is 0. The van der Waals surface area contributed by atoms with Crippen molar-refractivity contribution in [1.82, 2.24) is 0 Å². The van der Waals surface area contributed by atoms with Crippen molar-refractivity contribution in [3.05, 3.63) is 0 Å². The van der Waals surface area contributed by atoms with Crippen LogP contribution in [0.4, 0.5) is 0 Å². The summed E-state index contributed by atoms with van der Waals surface area (Å²) in [5.74, 6) is 0. The topological polar surface area (TPSA) is 0 Å². The molecule has 0 aliphatic heterocycles. The molecule has 0 bridgehead atoms. The first-order valence-electron chi connectivity index (χ1n) is 0. The van der Waals surface area contributed by atoms with E-state index in [9.17, 15) is 0 Å². The Morgan fingerprint density at radius 1 is 1.00 bits per heavy atom. The van der Waals surface area contributed by atoms with Gasteiger partial charge in [-0.2, -0.15) is 0 Å². The van der Waals surface area contributed by atoms with Crippen LogP contribution < -0.4 is 0 Å². The summed E-state index contributed by atoms with van der Waals surface area (Å²) in [6.07, 6.45) is 0. The fraction of sp³-hybridized carbons (Fsp3) is 0. The fourth-order valence-corrected chi connectivity index (χ4v) is 0. The third-order valence-corrected chi connectivity index (χ3v) is 0. The monoisotopic (exact) mass is 511 g/mol. The van der Waals surface area contributed by atoms with Crippen molar-refractivity contribution in [2.45, 2.75) is 0 Å². The van der Waals surface area contributed by atoms with E-state index in [1.807, 2.05) is 0 Å². The van der Waals surface area contributed by atoms with Crippen LogP contribution in [0, 0.1) is 0 Å². The normalized spacial score (nSPS) is 0. The van der Waals surface area contributed by atoms with Crippen LogP contribution in [-0.2, 0) is 18.6 Å². The second-order valence-electron chi connectivity index (χ2n) is 0.